The maximum atomic E-state index is 14.5. The van der Waals surface area contributed by atoms with Crippen molar-refractivity contribution >= 4 is 35.0 Å². The van der Waals surface area contributed by atoms with E-state index in [-0.39, 0.29) is 27.3 Å². The molecule has 1 atom stereocenters. The minimum Gasteiger partial charge on any atom is -0.493 e. The predicted molar refractivity (Wildman–Crippen MR) is 150 cm³/mol. The molecule has 0 spiro atoms. The van der Waals surface area contributed by atoms with Crippen LogP contribution < -0.4 is 24.4 Å². The normalized spacial score (nSPS) is 15.1. The van der Waals surface area contributed by atoms with Gasteiger partial charge in [-0.3, -0.25) is 9.36 Å². The maximum Gasteiger partial charge on any atom is 0.338 e. The number of aromatic nitrogens is 1. The van der Waals surface area contributed by atoms with Crippen LogP contribution in [0.3, 0.4) is 0 Å². The van der Waals surface area contributed by atoms with Gasteiger partial charge in [-0.05, 0) is 56.2 Å². The number of unbranched alkanes of at least 4 members (excludes halogenated alkanes) is 2. The zero-order chi connectivity index (χ0) is 28.1. The minimum atomic E-state index is -0.846. The summed E-state index contributed by atoms with van der Waals surface area (Å²) in [6.07, 6.45) is 4.46. The van der Waals surface area contributed by atoms with Crippen molar-refractivity contribution in [3.05, 3.63) is 89.3 Å². The molecule has 0 saturated heterocycles. The van der Waals surface area contributed by atoms with Gasteiger partial charge in [-0.1, -0.05) is 54.8 Å². The van der Waals surface area contributed by atoms with Gasteiger partial charge >= 0.3 is 5.97 Å². The Morgan fingerprint density at radius 2 is 2.00 bits per heavy atom. The molecule has 10 heteroatoms. The van der Waals surface area contributed by atoms with Crippen LogP contribution in [0.4, 0.5) is 4.39 Å². The molecule has 206 valence electrons. The first-order valence-corrected chi connectivity index (χ1v) is 13.9. The van der Waals surface area contributed by atoms with E-state index < -0.39 is 23.4 Å². The molecule has 2 aromatic carbocycles. The van der Waals surface area contributed by atoms with E-state index in [2.05, 4.69) is 11.9 Å². The summed E-state index contributed by atoms with van der Waals surface area (Å²) in [5, 5.41) is 0.181. The van der Waals surface area contributed by atoms with Crippen molar-refractivity contribution in [2.75, 3.05) is 20.3 Å². The minimum absolute atomic E-state index is 0.105. The van der Waals surface area contributed by atoms with E-state index >= 15 is 0 Å². The third-order valence-corrected chi connectivity index (χ3v) is 7.61. The van der Waals surface area contributed by atoms with Gasteiger partial charge in [0.2, 0.25) is 0 Å². The smallest absolute Gasteiger partial charge is 0.338 e. The highest BCUT2D eigenvalue weighted by Crippen LogP contribution is 2.36. The number of rotatable bonds is 10. The highest BCUT2D eigenvalue weighted by Gasteiger charge is 2.34. The zero-order valence-corrected chi connectivity index (χ0v) is 23.8. The third kappa shape index (κ3) is 5.94. The molecule has 1 aliphatic heterocycles. The van der Waals surface area contributed by atoms with Crippen LogP contribution in [0.15, 0.2) is 57.5 Å². The van der Waals surface area contributed by atoms with E-state index in [4.69, 9.17) is 25.8 Å². The highest BCUT2D eigenvalue weighted by atomic mass is 35.5. The van der Waals surface area contributed by atoms with Gasteiger partial charge in [-0.25, -0.2) is 14.2 Å². The van der Waals surface area contributed by atoms with E-state index in [0.29, 0.717) is 34.2 Å². The number of thiazole rings is 1. The molecule has 1 aromatic heterocycles. The van der Waals surface area contributed by atoms with Crippen molar-refractivity contribution in [2.24, 2.45) is 4.99 Å². The molecular weight excluding hydrogens is 543 g/mol. The molecule has 2 heterocycles. The molecule has 0 bridgehead atoms. The first kappa shape index (κ1) is 28.6. The summed E-state index contributed by atoms with van der Waals surface area (Å²) in [5.74, 6) is -0.0824. The van der Waals surface area contributed by atoms with E-state index in [0.717, 1.165) is 30.6 Å². The van der Waals surface area contributed by atoms with Crippen LogP contribution in [-0.4, -0.2) is 30.9 Å². The molecule has 0 N–H and O–H groups in total. The SMILES string of the molecule is CCCCCOc1ccc(C2C(C(=O)OCC)=C(C)N=c3sc(=Cc4c(F)cccc4Cl)c(=O)n32)cc1OC. The van der Waals surface area contributed by atoms with Crippen molar-refractivity contribution in [1.29, 1.82) is 0 Å². The summed E-state index contributed by atoms with van der Waals surface area (Å²) in [6, 6.07) is 8.80. The van der Waals surface area contributed by atoms with Gasteiger partial charge in [-0.2, -0.15) is 0 Å². The van der Waals surface area contributed by atoms with Crippen LogP contribution in [0.25, 0.3) is 6.08 Å². The molecule has 0 amide bonds. The zero-order valence-electron chi connectivity index (χ0n) is 22.3. The van der Waals surface area contributed by atoms with Crippen LogP contribution in [0, 0.1) is 5.82 Å². The predicted octanol–water partition coefficient (Wildman–Crippen LogP) is 5.17. The second-order valence-corrected chi connectivity index (χ2v) is 10.3. The summed E-state index contributed by atoms with van der Waals surface area (Å²) < 4.78 is 33.1. The molecule has 0 radical (unpaired) electrons. The molecule has 0 fully saturated rings. The summed E-state index contributed by atoms with van der Waals surface area (Å²) in [4.78, 5) is 31.8. The molecule has 3 aromatic rings. The fraction of sp³-hybridized carbons (Fsp3) is 0.345. The van der Waals surface area contributed by atoms with Crippen molar-refractivity contribution in [1.82, 2.24) is 4.57 Å². The van der Waals surface area contributed by atoms with Gasteiger partial charge in [0, 0.05) is 5.56 Å². The van der Waals surface area contributed by atoms with Gasteiger partial charge in [0.1, 0.15) is 5.82 Å². The third-order valence-electron chi connectivity index (χ3n) is 6.30. The average Bonchev–Trinajstić information content (AvgIpc) is 3.22. The second kappa shape index (κ2) is 12.6. The summed E-state index contributed by atoms with van der Waals surface area (Å²) in [6.45, 7) is 6.24. The summed E-state index contributed by atoms with van der Waals surface area (Å²) in [5.41, 5.74) is 0.943. The Morgan fingerprint density at radius 1 is 1.21 bits per heavy atom. The van der Waals surface area contributed by atoms with Crippen molar-refractivity contribution in [3.8, 4) is 11.5 Å². The number of halogens is 2. The number of ether oxygens (including phenoxy) is 3. The van der Waals surface area contributed by atoms with Gasteiger partial charge < -0.3 is 14.2 Å². The highest BCUT2D eigenvalue weighted by molar-refractivity contribution is 7.07. The number of carbonyl (C=O) groups is 1. The van der Waals surface area contributed by atoms with E-state index in [1.807, 2.05) is 0 Å². The number of benzene rings is 2. The monoisotopic (exact) mass is 572 g/mol. The lowest BCUT2D eigenvalue weighted by atomic mass is 9.95. The van der Waals surface area contributed by atoms with Gasteiger partial charge in [-0.15, -0.1) is 0 Å². The lowest BCUT2D eigenvalue weighted by Crippen LogP contribution is -2.40. The molecule has 0 aliphatic carbocycles. The van der Waals surface area contributed by atoms with Gasteiger partial charge in [0.05, 0.1) is 47.2 Å². The van der Waals surface area contributed by atoms with Gasteiger partial charge in [0.15, 0.2) is 16.3 Å². The molecule has 1 unspecified atom stereocenters. The lowest BCUT2D eigenvalue weighted by molar-refractivity contribution is -0.139. The number of esters is 1. The Hall–Kier alpha value is -3.43. The summed E-state index contributed by atoms with van der Waals surface area (Å²) in [7, 11) is 1.54. The topological polar surface area (TPSA) is 79.1 Å². The molecule has 0 saturated carbocycles. The Bertz CT molecular complexity index is 1570. The molecule has 39 heavy (non-hydrogen) atoms. The Balaban J connectivity index is 1.88. The van der Waals surface area contributed by atoms with E-state index in [9.17, 15) is 14.0 Å². The number of hydrogen-bond acceptors (Lipinski definition) is 7. The number of fused-ring (bicyclic) bond motifs is 1. The standard InChI is InChI=1S/C29H30ClFN2O5S/c1-5-7-8-14-38-22-13-12-18(15-23(22)36-4)26-25(28(35)37-6-2)17(3)32-29-33(26)27(34)24(39-29)16-19-20(30)10-9-11-21(19)31/h9-13,15-16,26H,5-8,14H2,1-4H3. The number of hydrogen-bond donors (Lipinski definition) is 0. The van der Waals surface area contributed by atoms with E-state index in [1.54, 1.807) is 38.1 Å². The number of methoxy groups -OCH3 is 1. The Labute approximate surface area is 234 Å². The molecule has 7 nitrogen and oxygen atoms in total. The molecular formula is C29H30ClFN2O5S. The van der Waals surface area contributed by atoms with Crippen molar-refractivity contribution < 1.29 is 23.4 Å². The number of carbonyl (C=O) groups excluding carboxylic acids is 1. The summed E-state index contributed by atoms with van der Waals surface area (Å²) >= 11 is 7.31. The second-order valence-electron chi connectivity index (χ2n) is 8.90. The lowest BCUT2D eigenvalue weighted by Gasteiger charge is -2.25. The Morgan fingerprint density at radius 3 is 2.69 bits per heavy atom. The first-order chi connectivity index (χ1) is 18.8. The van der Waals surface area contributed by atoms with Crippen LogP contribution >= 0.6 is 22.9 Å². The average molecular weight is 573 g/mol. The Kier molecular flexibility index (Phi) is 9.24. The van der Waals surface area contributed by atoms with E-state index in [1.165, 1.54) is 29.9 Å². The quantitative estimate of drug-likeness (QED) is 0.247. The number of nitrogens with zero attached hydrogens (tertiary/aromatic N) is 2. The maximum absolute atomic E-state index is 14.5. The van der Waals surface area contributed by atoms with Crippen LogP contribution in [0.5, 0.6) is 11.5 Å². The van der Waals surface area contributed by atoms with Crippen LogP contribution in [0.1, 0.15) is 57.2 Å². The molecule has 4 rings (SSSR count). The van der Waals surface area contributed by atoms with Crippen LogP contribution in [0.2, 0.25) is 5.02 Å². The fourth-order valence-electron chi connectivity index (χ4n) is 4.39. The van der Waals surface area contributed by atoms with Crippen molar-refractivity contribution in [2.45, 2.75) is 46.1 Å². The first-order valence-electron chi connectivity index (χ1n) is 12.7. The largest absolute Gasteiger partial charge is 0.493 e. The van der Waals surface area contributed by atoms with Crippen LogP contribution in [-0.2, 0) is 9.53 Å². The van der Waals surface area contributed by atoms with Crippen molar-refractivity contribution in [3.63, 3.8) is 0 Å². The molecule has 1 aliphatic rings. The fourth-order valence-corrected chi connectivity index (χ4v) is 5.64. The van der Waals surface area contributed by atoms with Gasteiger partial charge in [0.25, 0.3) is 5.56 Å². The number of allylic oxidation sites excluding steroid dienone is 1.